The topological polar surface area (TPSA) is 67.6 Å². The van der Waals surface area contributed by atoms with Crippen LogP contribution in [0.4, 0.5) is 5.69 Å². The standard InChI is InChI=1S/C8H7IN4/c9-5-1-2-7(10)6(3-5)8-11-4-12-13-8/h1-4H,10H2,(H,11,12,13). The maximum atomic E-state index is 5.79. The third kappa shape index (κ3) is 1.64. The van der Waals surface area contributed by atoms with Crippen LogP contribution in [0.1, 0.15) is 0 Å². The van der Waals surface area contributed by atoms with Crippen LogP contribution in [0.25, 0.3) is 11.4 Å². The number of nitrogens with zero attached hydrogens (tertiary/aromatic N) is 2. The molecule has 3 N–H and O–H groups in total. The Morgan fingerprint density at radius 2 is 2.23 bits per heavy atom. The predicted molar refractivity (Wildman–Crippen MR) is 58.9 cm³/mol. The van der Waals surface area contributed by atoms with Crippen molar-refractivity contribution in [1.29, 1.82) is 0 Å². The first-order valence-corrected chi connectivity index (χ1v) is 4.76. The Bertz CT molecular complexity index is 410. The van der Waals surface area contributed by atoms with Gasteiger partial charge >= 0.3 is 0 Å². The minimum Gasteiger partial charge on any atom is -0.398 e. The van der Waals surface area contributed by atoms with E-state index in [2.05, 4.69) is 37.8 Å². The molecule has 1 aromatic heterocycles. The zero-order valence-electron chi connectivity index (χ0n) is 6.66. The van der Waals surface area contributed by atoms with Crippen LogP contribution in [0.3, 0.4) is 0 Å². The number of anilines is 1. The molecular weight excluding hydrogens is 279 g/mol. The molecule has 4 nitrogen and oxygen atoms in total. The first-order chi connectivity index (χ1) is 6.27. The Kier molecular flexibility index (Phi) is 2.17. The van der Waals surface area contributed by atoms with Gasteiger partial charge in [-0.15, -0.1) is 0 Å². The fourth-order valence-corrected chi connectivity index (χ4v) is 1.56. The first-order valence-electron chi connectivity index (χ1n) is 3.68. The maximum absolute atomic E-state index is 5.79. The van der Waals surface area contributed by atoms with Crippen LogP contribution in [-0.4, -0.2) is 15.2 Å². The van der Waals surface area contributed by atoms with Crippen LogP contribution < -0.4 is 5.73 Å². The molecule has 0 fully saturated rings. The zero-order valence-corrected chi connectivity index (χ0v) is 8.82. The number of hydrogen-bond acceptors (Lipinski definition) is 3. The molecule has 2 rings (SSSR count). The lowest BCUT2D eigenvalue weighted by molar-refractivity contribution is 1.10. The normalized spacial score (nSPS) is 10.2. The summed E-state index contributed by atoms with van der Waals surface area (Å²) < 4.78 is 1.12. The highest BCUT2D eigenvalue weighted by molar-refractivity contribution is 14.1. The summed E-state index contributed by atoms with van der Waals surface area (Å²) in [6, 6.07) is 5.78. The van der Waals surface area contributed by atoms with Crippen molar-refractivity contribution in [3.63, 3.8) is 0 Å². The van der Waals surface area contributed by atoms with Gasteiger partial charge in [0.1, 0.15) is 6.33 Å². The summed E-state index contributed by atoms with van der Waals surface area (Å²) >= 11 is 2.23. The average molecular weight is 286 g/mol. The number of H-pyrrole nitrogens is 1. The van der Waals surface area contributed by atoms with Gasteiger partial charge in [0.25, 0.3) is 0 Å². The summed E-state index contributed by atoms with van der Waals surface area (Å²) in [4.78, 5) is 4.04. The van der Waals surface area contributed by atoms with Crippen molar-refractivity contribution in [2.75, 3.05) is 5.73 Å². The Balaban J connectivity index is 2.57. The summed E-state index contributed by atoms with van der Waals surface area (Å²) in [5, 5.41) is 6.55. The van der Waals surface area contributed by atoms with Crippen LogP contribution in [-0.2, 0) is 0 Å². The van der Waals surface area contributed by atoms with E-state index >= 15 is 0 Å². The number of aromatic amines is 1. The largest absolute Gasteiger partial charge is 0.398 e. The highest BCUT2D eigenvalue weighted by Crippen LogP contribution is 2.23. The van der Waals surface area contributed by atoms with E-state index in [1.165, 1.54) is 6.33 Å². The smallest absolute Gasteiger partial charge is 0.157 e. The lowest BCUT2D eigenvalue weighted by Crippen LogP contribution is -1.91. The quantitative estimate of drug-likeness (QED) is 0.619. The highest BCUT2D eigenvalue weighted by Gasteiger charge is 2.04. The molecule has 13 heavy (non-hydrogen) atoms. The number of rotatable bonds is 1. The van der Waals surface area contributed by atoms with Crippen LogP contribution in [0.15, 0.2) is 24.5 Å². The van der Waals surface area contributed by atoms with Gasteiger partial charge in [-0.05, 0) is 40.8 Å². The Labute approximate surface area is 88.7 Å². The molecule has 0 aliphatic carbocycles. The van der Waals surface area contributed by atoms with E-state index in [9.17, 15) is 0 Å². The number of hydrogen-bond donors (Lipinski definition) is 2. The van der Waals surface area contributed by atoms with Gasteiger partial charge in [-0.25, -0.2) is 4.98 Å². The summed E-state index contributed by atoms with van der Waals surface area (Å²) in [6.07, 6.45) is 1.47. The van der Waals surface area contributed by atoms with E-state index < -0.39 is 0 Å². The number of benzene rings is 1. The van der Waals surface area contributed by atoms with Crippen LogP contribution in [0.5, 0.6) is 0 Å². The predicted octanol–water partition coefficient (Wildman–Crippen LogP) is 1.66. The number of halogens is 1. The van der Waals surface area contributed by atoms with Gasteiger partial charge in [0, 0.05) is 14.8 Å². The molecule has 0 radical (unpaired) electrons. The number of nitrogens with one attached hydrogen (secondary N) is 1. The van der Waals surface area contributed by atoms with Crippen LogP contribution in [0, 0.1) is 3.57 Å². The monoisotopic (exact) mass is 286 g/mol. The molecule has 0 amide bonds. The second-order valence-corrected chi connectivity index (χ2v) is 3.81. The van der Waals surface area contributed by atoms with E-state index in [0.29, 0.717) is 11.5 Å². The molecule has 0 aliphatic heterocycles. The van der Waals surface area contributed by atoms with Crippen molar-refractivity contribution in [3.8, 4) is 11.4 Å². The summed E-state index contributed by atoms with van der Waals surface area (Å²) in [6.45, 7) is 0. The molecule has 0 saturated carbocycles. The van der Waals surface area contributed by atoms with E-state index in [1.807, 2.05) is 18.2 Å². The van der Waals surface area contributed by atoms with E-state index in [1.54, 1.807) is 0 Å². The molecule has 0 aliphatic rings. The van der Waals surface area contributed by atoms with E-state index in [4.69, 9.17) is 5.73 Å². The average Bonchev–Trinajstić information content (AvgIpc) is 2.61. The molecule has 0 unspecified atom stereocenters. The molecule has 0 spiro atoms. The van der Waals surface area contributed by atoms with Gasteiger partial charge in [-0.1, -0.05) is 0 Å². The minimum absolute atomic E-state index is 0.705. The number of nitrogens with two attached hydrogens (primary N) is 1. The van der Waals surface area contributed by atoms with Gasteiger partial charge in [0.05, 0.1) is 0 Å². The van der Waals surface area contributed by atoms with Gasteiger partial charge < -0.3 is 5.73 Å². The van der Waals surface area contributed by atoms with Crippen LogP contribution in [0.2, 0.25) is 0 Å². The second-order valence-electron chi connectivity index (χ2n) is 2.57. The van der Waals surface area contributed by atoms with Crippen molar-refractivity contribution in [2.45, 2.75) is 0 Å². The van der Waals surface area contributed by atoms with Crippen molar-refractivity contribution >= 4 is 28.3 Å². The fraction of sp³-hybridized carbons (Fsp3) is 0. The minimum atomic E-state index is 0.705. The summed E-state index contributed by atoms with van der Waals surface area (Å²) in [7, 11) is 0. The van der Waals surface area contributed by atoms with Gasteiger partial charge in [-0.3, -0.25) is 5.10 Å². The Morgan fingerprint density at radius 3 is 2.92 bits per heavy atom. The lowest BCUT2D eigenvalue weighted by atomic mass is 10.2. The molecular formula is C8H7IN4. The molecule has 1 heterocycles. The SMILES string of the molecule is Nc1ccc(I)cc1-c1ncn[nH]1. The molecule has 0 saturated heterocycles. The Morgan fingerprint density at radius 1 is 1.38 bits per heavy atom. The first kappa shape index (κ1) is 8.49. The third-order valence-corrected chi connectivity index (χ3v) is 2.36. The van der Waals surface area contributed by atoms with Gasteiger partial charge in [0.15, 0.2) is 5.82 Å². The van der Waals surface area contributed by atoms with Crippen molar-refractivity contribution in [3.05, 3.63) is 28.1 Å². The van der Waals surface area contributed by atoms with Crippen molar-refractivity contribution in [1.82, 2.24) is 15.2 Å². The second kappa shape index (κ2) is 3.33. The van der Waals surface area contributed by atoms with E-state index in [0.717, 1.165) is 9.13 Å². The number of aromatic nitrogens is 3. The maximum Gasteiger partial charge on any atom is 0.157 e. The van der Waals surface area contributed by atoms with Crippen molar-refractivity contribution < 1.29 is 0 Å². The number of nitrogen functional groups attached to an aromatic ring is 1. The fourth-order valence-electron chi connectivity index (χ4n) is 1.07. The van der Waals surface area contributed by atoms with Gasteiger partial charge in [-0.2, -0.15) is 5.10 Å². The summed E-state index contributed by atoms with van der Waals surface area (Å²) in [5.41, 5.74) is 7.39. The molecule has 0 atom stereocenters. The molecule has 1 aromatic carbocycles. The van der Waals surface area contributed by atoms with Crippen molar-refractivity contribution in [2.24, 2.45) is 0 Å². The summed E-state index contributed by atoms with van der Waals surface area (Å²) in [5.74, 6) is 0.705. The molecule has 5 heteroatoms. The molecule has 2 aromatic rings. The molecule has 66 valence electrons. The molecule has 0 bridgehead atoms. The van der Waals surface area contributed by atoms with Crippen LogP contribution >= 0.6 is 22.6 Å². The third-order valence-electron chi connectivity index (χ3n) is 1.69. The highest BCUT2D eigenvalue weighted by atomic mass is 127. The van der Waals surface area contributed by atoms with Gasteiger partial charge in [0.2, 0.25) is 0 Å². The van der Waals surface area contributed by atoms with E-state index in [-0.39, 0.29) is 0 Å². The lowest BCUT2D eigenvalue weighted by Gasteiger charge is -2.01. The Hall–Kier alpha value is -1.11. The zero-order chi connectivity index (χ0) is 9.26.